The second-order valence-corrected chi connectivity index (χ2v) is 11.9. The van der Waals surface area contributed by atoms with E-state index in [-0.39, 0.29) is 24.0 Å². The number of ether oxygens (including phenoxy) is 1. The van der Waals surface area contributed by atoms with Gasteiger partial charge in [0.15, 0.2) is 0 Å². The summed E-state index contributed by atoms with van der Waals surface area (Å²) < 4.78 is 5.51. The molecule has 1 saturated carbocycles. The van der Waals surface area contributed by atoms with Crippen LogP contribution in [-0.2, 0) is 9.53 Å². The average Bonchev–Trinajstić information content (AvgIpc) is 3.48. The molecule has 0 radical (unpaired) electrons. The van der Waals surface area contributed by atoms with E-state index < -0.39 is 17.7 Å². The first kappa shape index (κ1) is 27.2. The predicted octanol–water partition coefficient (Wildman–Crippen LogP) is 4.45. The van der Waals surface area contributed by atoms with Crippen molar-refractivity contribution < 1.29 is 14.3 Å². The van der Waals surface area contributed by atoms with Gasteiger partial charge in [-0.05, 0) is 58.9 Å². The van der Waals surface area contributed by atoms with Crippen molar-refractivity contribution in [1.29, 1.82) is 0 Å². The summed E-state index contributed by atoms with van der Waals surface area (Å²) in [6, 6.07) is 7.14. The van der Waals surface area contributed by atoms with E-state index in [1.165, 1.54) is 4.90 Å². The highest BCUT2D eigenvalue weighted by molar-refractivity contribution is 6.33. The Morgan fingerprint density at radius 1 is 1.18 bits per heavy atom. The number of carbonyl (C=O) groups excluding carboxylic acids is 2. The molecule has 0 bridgehead atoms. The second-order valence-electron chi connectivity index (χ2n) is 11.5. The zero-order valence-electron chi connectivity index (χ0n) is 22.5. The molecule has 39 heavy (non-hydrogen) atoms. The molecule has 208 valence electrons. The summed E-state index contributed by atoms with van der Waals surface area (Å²) in [6.07, 6.45) is 6.86. The number of nitrogens with zero attached hydrogens (tertiary/aromatic N) is 3. The molecule has 11 heteroatoms. The van der Waals surface area contributed by atoms with E-state index in [0.29, 0.717) is 36.1 Å². The van der Waals surface area contributed by atoms with Gasteiger partial charge in [0.2, 0.25) is 11.9 Å². The molecule has 1 aromatic carbocycles. The Hall–Kier alpha value is -3.37. The lowest BCUT2D eigenvalue weighted by Crippen LogP contribution is -2.51. The number of nitrogens with two attached hydrogens (primary N) is 1. The Morgan fingerprint density at radius 3 is 2.74 bits per heavy atom. The Balaban J connectivity index is 1.23. The van der Waals surface area contributed by atoms with Crippen molar-refractivity contribution in [3.05, 3.63) is 41.7 Å². The lowest BCUT2D eigenvalue weighted by Gasteiger charge is -2.32. The molecule has 2 aliphatic rings. The van der Waals surface area contributed by atoms with Crippen LogP contribution in [0.5, 0.6) is 0 Å². The molecule has 1 aliphatic heterocycles. The first-order valence-corrected chi connectivity index (χ1v) is 13.9. The number of anilines is 1. The molecule has 1 saturated heterocycles. The summed E-state index contributed by atoms with van der Waals surface area (Å²) >= 11 is 6.49. The number of likely N-dealkylation sites (tertiary alicyclic amines) is 1. The number of carbonyl (C=O) groups is 2. The maximum Gasteiger partial charge on any atom is 0.411 e. The van der Waals surface area contributed by atoms with Crippen molar-refractivity contribution in [2.45, 2.75) is 82.6 Å². The molecule has 10 nitrogen and oxygen atoms in total. The Kier molecular flexibility index (Phi) is 7.68. The number of nitrogens with one attached hydrogen (secondary N) is 3. The summed E-state index contributed by atoms with van der Waals surface area (Å²) in [5.41, 5.74) is 8.06. The number of fused-ring (bicyclic) bond motifs is 1. The first-order valence-electron chi connectivity index (χ1n) is 13.5. The van der Waals surface area contributed by atoms with Gasteiger partial charge in [0.1, 0.15) is 11.6 Å². The van der Waals surface area contributed by atoms with Gasteiger partial charge in [-0.25, -0.2) is 14.8 Å². The van der Waals surface area contributed by atoms with E-state index in [0.717, 1.165) is 35.7 Å². The van der Waals surface area contributed by atoms with Gasteiger partial charge in [-0.1, -0.05) is 29.8 Å². The molecule has 3 aromatic rings. The van der Waals surface area contributed by atoms with Crippen LogP contribution < -0.4 is 16.4 Å². The number of benzene rings is 1. The number of para-hydroxylation sites is 1. The number of hydrogen-bond acceptors (Lipinski definition) is 7. The number of hydrogen-bond donors (Lipinski definition) is 4. The molecule has 2 fully saturated rings. The van der Waals surface area contributed by atoms with E-state index in [1.807, 2.05) is 30.5 Å². The third-order valence-electron chi connectivity index (χ3n) is 7.21. The van der Waals surface area contributed by atoms with Crippen molar-refractivity contribution in [1.82, 2.24) is 25.2 Å². The lowest BCUT2D eigenvalue weighted by molar-refractivity contribution is -0.126. The molecular weight excluding hydrogens is 518 g/mol. The summed E-state index contributed by atoms with van der Waals surface area (Å²) in [5.74, 6) is 0.304. The predicted molar refractivity (Wildman–Crippen MR) is 151 cm³/mol. The molecule has 5 N–H and O–H groups in total. The molecule has 0 spiro atoms. The summed E-state index contributed by atoms with van der Waals surface area (Å²) in [4.78, 5) is 39.8. The van der Waals surface area contributed by atoms with Crippen LogP contribution in [0.25, 0.3) is 22.2 Å². The van der Waals surface area contributed by atoms with Crippen LogP contribution in [0.4, 0.5) is 10.7 Å². The third-order valence-corrected chi connectivity index (χ3v) is 7.48. The Labute approximate surface area is 233 Å². The van der Waals surface area contributed by atoms with Gasteiger partial charge in [-0.2, -0.15) is 0 Å². The minimum Gasteiger partial charge on any atom is -0.444 e. The molecule has 2 aromatic heterocycles. The molecule has 3 heterocycles. The Morgan fingerprint density at radius 2 is 1.95 bits per heavy atom. The van der Waals surface area contributed by atoms with Crippen LogP contribution in [-0.4, -0.2) is 68.2 Å². The van der Waals surface area contributed by atoms with Gasteiger partial charge >= 0.3 is 6.09 Å². The van der Waals surface area contributed by atoms with Gasteiger partial charge in [-0.15, -0.1) is 0 Å². The number of amides is 2. The zero-order valence-corrected chi connectivity index (χ0v) is 23.3. The fourth-order valence-electron chi connectivity index (χ4n) is 5.46. The van der Waals surface area contributed by atoms with E-state index in [1.54, 1.807) is 27.0 Å². The molecule has 5 rings (SSSR count). The topological polar surface area (TPSA) is 138 Å². The van der Waals surface area contributed by atoms with Crippen molar-refractivity contribution in [2.75, 3.05) is 11.9 Å². The quantitative estimate of drug-likeness (QED) is 0.366. The lowest BCUT2D eigenvalue weighted by atomic mass is 9.90. The molecule has 4 atom stereocenters. The van der Waals surface area contributed by atoms with Gasteiger partial charge < -0.3 is 26.1 Å². The normalized spacial score (nSPS) is 23.6. The first-order chi connectivity index (χ1) is 18.6. The SMILES string of the molecule is CC(C)(C)OC(=O)N1C[C@@H](N)C[C@H]1C(=O)NC1CCC[C@@H](Nc2ncc(Cl)c(-c3c[nH]c4ccccc34)n2)C1. The van der Waals surface area contributed by atoms with Crippen LogP contribution in [0.3, 0.4) is 0 Å². The van der Waals surface area contributed by atoms with Gasteiger partial charge in [0.25, 0.3) is 0 Å². The van der Waals surface area contributed by atoms with E-state index in [4.69, 9.17) is 27.1 Å². The highest BCUT2D eigenvalue weighted by atomic mass is 35.5. The van der Waals surface area contributed by atoms with E-state index >= 15 is 0 Å². The molecule has 1 aliphatic carbocycles. The van der Waals surface area contributed by atoms with Crippen LogP contribution in [0.2, 0.25) is 5.02 Å². The fourth-order valence-corrected chi connectivity index (χ4v) is 5.66. The minimum atomic E-state index is -0.648. The zero-order chi connectivity index (χ0) is 27.7. The van der Waals surface area contributed by atoms with Gasteiger partial charge in [0, 0.05) is 47.3 Å². The van der Waals surface area contributed by atoms with Crippen molar-refractivity contribution in [2.24, 2.45) is 5.73 Å². The number of aromatic nitrogens is 3. The van der Waals surface area contributed by atoms with E-state index in [2.05, 4.69) is 20.6 Å². The molecule has 1 unspecified atom stereocenters. The number of aromatic amines is 1. The van der Waals surface area contributed by atoms with Crippen LogP contribution in [0.1, 0.15) is 52.9 Å². The monoisotopic (exact) mass is 553 g/mol. The summed E-state index contributed by atoms with van der Waals surface area (Å²) in [6.45, 7) is 5.71. The number of rotatable bonds is 5. The third kappa shape index (κ3) is 6.28. The van der Waals surface area contributed by atoms with Gasteiger partial charge in [-0.3, -0.25) is 9.69 Å². The fraction of sp³-hybridized carbons (Fsp3) is 0.500. The van der Waals surface area contributed by atoms with Crippen LogP contribution >= 0.6 is 11.6 Å². The standard InChI is InChI=1S/C28H36ClN7O3/c1-28(2,3)39-27(38)36-15-16(30)11-23(36)25(37)33-17-7-6-8-18(12-17)34-26-32-14-21(29)24(35-26)20-13-31-22-10-5-4-9-19(20)22/h4-5,9-10,13-14,16-18,23,31H,6-8,11-12,15,30H2,1-3H3,(H,33,37)(H,32,34,35)/t16-,17?,18+,23-/m0/s1. The van der Waals surface area contributed by atoms with Crippen LogP contribution in [0, 0.1) is 0 Å². The smallest absolute Gasteiger partial charge is 0.411 e. The second kappa shape index (κ2) is 11.0. The number of H-pyrrole nitrogens is 1. The van der Waals surface area contributed by atoms with Crippen molar-refractivity contribution >= 4 is 40.5 Å². The highest BCUT2D eigenvalue weighted by Gasteiger charge is 2.41. The van der Waals surface area contributed by atoms with Crippen LogP contribution in [0.15, 0.2) is 36.7 Å². The maximum atomic E-state index is 13.2. The summed E-state index contributed by atoms with van der Waals surface area (Å²) in [5, 5.41) is 8.12. The molecular formula is C28H36ClN7O3. The minimum absolute atomic E-state index is 0.0403. The van der Waals surface area contributed by atoms with Gasteiger partial charge in [0.05, 0.1) is 16.9 Å². The highest BCUT2D eigenvalue weighted by Crippen LogP contribution is 2.33. The van der Waals surface area contributed by atoms with Crippen molar-refractivity contribution in [3.63, 3.8) is 0 Å². The van der Waals surface area contributed by atoms with E-state index in [9.17, 15) is 9.59 Å². The average molecular weight is 554 g/mol. The number of halogens is 1. The Bertz CT molecular complexity index is 1350. The molecule has 2 amide bonds. The summed E-state index contributed by atoms with van der Waals surface area (Å²) in [7, 11) is 0. The largest absolute Gasteiger partial charge is 0.444 e. The van der Waals surface area contributed by atoms with Crippen molar-refractivity contribution in [3.8, 4) is 11.3 Å². The maximum absolute atomic E-state index is 13.2.